The molecule has 208 valence electrons. The van der Waals surface area contributed by atoms with Gasteiger partial charge in [-0.05, 0) is 67.8 Å². The molecule has 0 saturated carbocycles. The van der Waals surface area contributed by atoms with E-state index in [4.69, 9.17) is 9.72 Å². The number of hydrogen-bond donors (Lipinski definition) is 1. The molecule has 2 aromatic carbocycles. The number of rotatable bonds is 8. The third kappa shape index (κ3) is 6.19. The average Bonchev–Trinajstić information content (AvgIpc) is 3.59. The molecule has 3 heterocycles. The molecular weight excluding hydrogens is 523 g/mol. The Morgan fingerprint density at radius 3 is 2.30 bits per heavy atom. The van der Waals surface area contributed by atoms with Crippen LogP contribution in [0.25, 0.3) is 11.4 Å². The largest absolute Gasteiger partial charge is 0.573 e. The van der Waals surface area contributed by atoms with Gasteiger partial charge in [0.15, 0.2) is 0 Å². The molecule has 1 saturated heterocycles. The van der Waals surface area contributed by atoms with Gasteiger partial charge in [-0.15, -0.1) is 13.2 Å². The van der Waals surface area contributed by atoms with E-state index >= 15 is 0 Å². The van der Waals surface area contributed by atoms with Gasteiger partial charge in [0.05, 0.1) is 18.2 Å². The Balaban J connectivity index is 1.45. The van der Waals surface area contributed by atoms with Gasteiger partial charge in [-0.2, -0.15) is 0 Å². The second-order valence-corrected chi connectivity index (χ2v) is 9.47. The minimum Gasteiger partial charge on any atom is -0.497 e. The van der Waals surface area contributed by atoms with E-state index in [0.717, 1.165) is 66.5 Å². The van der Waals surface area contributed by atoms with E-state index in [0.29, 0.717) is 23.6 Å². The number of imidazole rings is 1. The highest BCUT2D eigenvalue weighted by atomic mass is 19.4. The summed E-state index contributed by atoms with van der Waals surface area (Å²) in [7, 11) is 1.63. The topological polar surface area (TPSA) is 81.5 Å². The third-order valence-corrected chi connectivity index (χ3v) is 6.68. The SMILES string of the molecule is COc1ccc(Cn2c(C)cnc2-c2cc(C(=O)Nc3ccc(OC(F)(F)F)cc3)cnc2N2CCCC2)cc1. The van der Waals surface area contributed by atoms with Crippen LogP contribution in [0.3, 0.4) is 0 Å². The lowest BCUT2D eigenvalue weighted by Gasteiger charge is -2.21. The van der Waals surface area contributed by atoms with Crippen molar-refractivity contribution in [2.75, 3.05) is 30.4 Å². The normalized spacial score (nSPS) is 13.4. The van der Waals surface area contributed by atoms with E-state index in [9.17, 15) is 18.0 Å². The van der Waals surface area contributed by atoms with E-state index in [-0.39, 0.29) is 5.75 Å². The Morgan fingerprint density at radius 2 is 1.65 bits per heavy atom. The smallest absolute Gasteiger partial charge is 0.497 e. The first-order valence-corrected chi connectivity index (χ1v) is 12.8. The van der Waals surface area contributed by atoms with E-state index in [1.807, 2.05) is 31.2 Å². The van der Waals surface area contributed by atoms with Crippen molar-refractivity contribution in [1.29, 1.82) is 0 Å². The molecule has 0 radical (unpaired) electrons. The van der Waals surface area contributed by atoms with Crippen LogP contribution < -0.4 is 19.7 Å². The lowest BCUT2D eigenvalue weighted by molar-refractivity contribution is -0.274. The van der Waals surface area contributed by atoms with Gasteiger partial charge in [-0.1, -0.05) is 12.1 Å². The van der Waals surface area contributed by atoms with Gasteiger partial charge in [-0.3, -0.25) is 4.79 Å². The molecule has 1 fully saturated rings. The van der Waals surface area contributed by atoms with Gasteiger partial charge < -0.3 is 24.3 Å². The zero-order valence-corrected chi connectivity index (χ0v) is 22.0. The molecule has 40 heavy (non-hydrogen) atoms. The lowest BCUT2D eigenvalue weighted by Crippen LogP contribution is -2.21. The number of methoxy groups -OCH3 is 1. The number of nitrogens with zero attached hydrogens (tertiary/aromatic N) is 4. The van der Waals surface area contributed by atoms with Crippen LogP contribution in [0.5, 0.6) is 11.5 Å². The van der Waals surface area contributed by atoms with E-state index in [1.165, 1.54) is 18.3 Å². The van der Waals surface area contributed by atoms with Gasteiger partial charge in [0.25, 0.3) is 5.91 Å². The highest BCUT2D eigenvalue weighted by Crippen LogP contribution is 2.33. The number of aromatic nitrogens is 3. The van der Waals surface area contributed by atoms with Crippen molar-refractivity contribution >= 4 is 17.4 Å². The van der Waals surface area contributed by atoms with Crippen molar-refractivity contribution in [2.24, 2.45) is 0 Å². The second kappa shape index (κ2) is 11.3. The van der Waals surface area contributed by atoms with Crippen LogP contribution >= 0.6 is 0 Å². The molecule has 0 bridgehead atoms. The molecule has 1 amide bonds. The molecule has 0 spiro atoms. The number of hydrogen-bond acceptors (Lipinski definition) is 6. The zero-order valence-electron chi connectivity index (χ0n) is 22.0. The number of amides is 1. The lowest BCUT2D eigenvalue weighted by atomic mass is 10.1. The number of benzene rings is 2. The Labute approximate surface area is 229 Å². The van der Waals surface area contributed by atoms with Crippen molar-refractivity contribution < 1.29 is 27.4 Å². The number of alkyl halides is 3. The van der Waals surface area contributed by atoms with Crippen molar-refractivity contribution in [1.82, 2.24) is 14.5 Å². The summed E-state index contributed by atoms with van der Waals surface area (Å²) < 4.78 is 48.6. The molecule has 1 aliphatic heterocycles. The zero-order chi connectivity index (χ0) is 28.3. The van der Waals surface area contributed by atoms with Crippen LogP contribution in [0.2, 0.25) is 0 Å². The number of nitrogens with one attached hydrogen (secondary N) is 1. The molecule has 1 N–H and O–H groups in total. The van der Waals surface area contributed by atoms with Gasteiger partial charge in [-0.25, -0.2) is 9.97 Å². The summed E-state index contributed by atoms with van der Waals surface area (Å²) in [5.41, 5.74) is 3.36. The number of carbonyl (C=O) groups is 1. The number of aryl methyl sites for hydroxylation is 1. The van der Waals surface area contributed by atoms with Crippen LogP contribution in [0.15, 0.2) is 67.0 Å². The summed E-state index contributed by atoms with van der Waals surface area (Å²) in [6, 6.07) is 14.5. The van der Waals surface area contributed by atoms with Gasteiger partial charge in [0, 0.05) is 43.4 Å². The van der Waals surface area contributed by atoms with Crippen LogP contribution in [0, 0.1) is 6.92 Å². The predicted molar refractivity (Wildman–Crippen MR) is 145 cm³/mol. The molecule has 0 aliphatic carbocycles. The molecule has 8 nitrogen and oxygen atoms in total. The number of halogens is 3. The minimum absolute atomic E-state index is 0.296. The molecule has 0 unspecified atom stereocenters. The maximum atomic E-state index is 13.2. The molecule has 2 aromatic heterocycles. The summed E-state index contributed by atoms with van der Waals surface area (Å²) >= 11 is 0. The Bertz CT molecular complexity index is 1480. The number of ether oxygens (including phenoxy) is 2. The van der Waals surface area contributed by atoms with E-state index in [1.54, 1.807) is 19.4 Å². The number of carbonyl (C=O) groups excluding carboxylic acids is 1. The molecule has 11 heteroatoms. The standard InChI is InChI=1S/C29H28F3N5O3/c1-19-16-33-27(37(19)18-20-5-9-23(39-2)10-6-20)25-15-21(17-34-26(25)36-13-3-4-14-36)28(38)35-22-7-11-24(12-8-22)40-29(30,31)32/h5-12,15-17H,3-4,13-14,18H2,1-2H3,(H,35,38). The highest BCUT2D eigenvalue weighted by Gasteiger charge is 2.31. The first kappa shape index (κ1) is 27.0. The van der Waals surface area contributed by atoms with Gasteiger partial charge in [0.1, 0.15) is 23.1 Å². The predicted octanol–water partition coefficient (Wildman–Crippen LogP) is 6.06. The molecule has 1 aliphatic rings. The molecular formula is C29H28F3N5O3. The summed E-state index contributed by atoms with van der Waals surface area (Å²) in [5.74, 6) is 1.39. The summed E-state index contributed by atoms with van der Waals surface area (Å²) in [6.45, 7) is 4.26. The minimum atomic E-state index is -4.79. The van der Waals surface area contributed by atoms with Gasteiger partial charge >= 0.3 is 6.36 Å². The highest BCUT2D eigenvalue weighted by molar-refractivity contribution is 6.05. The van der Waals surface area contributed by atoms with E-state index < -0.39 is 12.3 Å². The summed E-state index contributed by atoms with van der Waals surface area (Å²) in [6.07, 6.45) is 0.621. The van der Waals surface area contributed by atoms with Crippen molar-refractivity contribution in [3.63, 3.8) is 0 Å². The Hall–Kier alpha value is -4.54. The molecule has 5 rings (SSSR count). The number of pyridine rings is 1. The van der Waals surface area contributed by atoms with Crippen LogP contribution in [0.4, 0.5) is 24.7 Å². The Kier molecular flexibility index (Phi) is 7.63. The summed E-state index contributed by atoms with van der Waals surface area (Å²) in [5, 5.41) is 2.72. The maximum absolute atomic E-state index is 13.2. The Morgan fingerprint density at radius 1 is 0.975 bits per heavy atom. The van der Waals surface area contributed by atoms with Crippen molar-refractivity contribution in [3.05, 3.63) is 83.8 Å². The fourth-order valence-corrected chi connectivity index (χ4v) is 4.66. The molecule has 0 atom stereocenters. The monoisotopic (exact) mass is 551 g/mol. The quantitative estimate of drug-likeness (QED) is 0.287. The number of anilines is 2. The maximum Gasteiger partial charge on any atom is 0.573 e. The van der Waals surface area contributed by atoms with Crippen molar-refractivity contribution in [3.8, 4) is 22.9 Å². The first-order chi connectivity index (χ1) is 19.2. The average molecular weight is 552 g/mol. The van der Waals surface area contributed by atoms with Crippen LogP contribution in [-0.4, -0.2) is 47.0 Å². The van der Waals surface area contributed by atoms with Crippen LogP contribution in [-0.2, 0) is 6.54 Å². The van der Waals surface area contributed by atoms with Crippen LogP contribution in [0.1, 0.15) is 34.5 Å². The third-order valence-electron chi connectivity index (χ3n) is 6.68. The first-order valence-electron chi connectivity index (χ1n) is 12.8. The molecule has 4 aromatic rings. The van der Waals surface area contributed by atoms with Crippen molar-refractivity contribution in [2.45, 2.75) is 32.7 Å². The van der Waals surface area contributed by atoms with E-state index in [2.05, 4.69) is 24.5 Å². The van der Waals surface area contributed by atoms with Gasteiger partial charge in [0.2, 0.25) is 0 Å². The fraction of sp³-hybridized carbons (Fsp3) is 0.276. The second-order valence-electron chi connectivity index (χ2n) is 9.47. The fourth-order valence-electron chi connectivity index (χ4n) is 4.66. The summed E-state index contributed by atoms with van der Waals surface area (Å²) in [4.78, 5) is 24.8.